The Kier molecular flexibility index (Phi) is 5.40. The third kappa shape index (κ3) is 4.24. The van der Waals surface area contributed by atoms with E-state index in [-0.39, 0.29) is 0 Å². The largest absolute Gasteiger partial charge is 0.354 e. The fourth-order valence-electron chi connectivity index (χ4n) is 3.76. The highest BCUT2D eigenvalue weighted by Crippen LogP contribution is 2.22. The Bertz CT molecular complexity index is 1200. The quantitative estimate of drug-likeness (QED) is 0.477. The van der Waals surface area contributed by atoms with E-state index in [1.807, 2.05) is 50.5 Å². The predicted octanol–water partition coefficient (Wildman–Crippen LogP) is 2.58. The Hall–Kier alpha value is -3.59. The Morgan fingerprint density at radius 2 is 1.72 bits per heavy atom. The number of rotatable bonds is 5. The molecular formula is C23H26N8O. The third-order valence-corrected chi connectivity index (χ3v) is 5.78. The first-order valence-electron chi connectivity index (χ1n) is 10.7. The number of pyridine rings is 1. The molecule has 0 radical (unpaired) electrons. The fraction of sp³-hybridized carbons (Fsp3) is 0.348. The summed E-state index contributed by atoms with van der Waals surface area (Å²) in [5.41, 5.74) is 3.22. The van der Waals surface area contributed by atoms with Gasteiger partial charge in [0.05, 0.1) is 0 Å². The molecule has 1 aromatic carbocycles. The average molecular weight is 431 g/mol. The molecule has 3 aromatic heterocycles. The predicted molar refractivity (Wildman–Crippen MR) is 121 cm³/mol. The molecule has 0 bridgehead atoms. The molecule has 4 heterocycles. The summed E-state index contributed by atoms with van der Waals surface area (Å²) in [4.78, 5) is 18.4. The molecule has 0 aliphatic carbocycles. The van der Waals surface area contributed by atoms with Crippen molar-refractivity contribution in [2.45, 2.75) is 13.3 Å². The van der Waals surface area contributed by atoms with Gasteiger partial charge in [0.2, 0.25) is 11.6 Å². The van der Waals surface area contributed by atoms with Gasteiger partial charge in [-0.2, -0.15) is 4.98 Å². The summed E-state index contributed by atoms with van der Waals surface area (Å²) in [5.74, 6) is 3.11. The van der Waals surface area contributed by atoms with E-state index in [2.05, 4.69) is 48.1 Å². The van der Waals surface area contributed by atoms with Gasteiger partial charge in [-0.25, -0.2) is 9.97 Å². The fourth-order valence-corrected chi connectivity index (χ4v) is 3.76. The van der Waals surface area contributed by atoms with E-state index in [1.54, 1.807) is 4.68 Å². The van der Waals surface area contributed by atoms with E-state index in [4.69, 9.17) is 4.52 Å². The molecular weight excluding hydrogens is 404 g/mol. The van der Waals surface area contributed by atoms with Crippen molar-refractivity contribution in [1.82, 2.24) is 34.8 Å². The zero-order chi connectivity index (χ0) is 22.1. The van der Waals surface area contributed by atoms with Crippen LogP contribution < -0.4 is 4.90 Å². The maximum absolute atomic E-state index is 5.44. The van der Waals surface area contributed by atoms with Crippen molar-refractivity contribution >= 4 is 5.82 Å². The van der Waals surface area contributed by atoms with Crippen molar-refractivity contribution < 1.29 is 4.52 Å². The summed E-state index contributed by atoms with van der Waals surface area (Å²) >= 11 is 0. The van der Waals surface area contributed by atoms with Crippen molar-refractivity contribution in [2.75, 3.05) is 38.1 Å². The van der Waals surface area contributed by atoms with Gasteiger partial charge in [0.25, 0.3) is 5.89 Å². The minimum absolute atomic E-state index is 0.315. The van der Waals surface area contributed by atoms with Gasteiger partial charge in [0.15, 0.2) is 0 Å². The van der Waals surface area contributed by atoms with E-state index >= 15 is 0 Å². The Morgan fingerprint density at radius 1 is 0.938 bits per heavy atom. The molecule has 0 N–H and O–H groups in total. The zero-order valence-electron chi connectivity index (χ0n) is 18.6. The number of aryl methyl sites for hydroxylation is 2. The molecule has 4 aromatic rings. The van der Waals surface area contributed by atoms with Crippen molar-refractivity contribution in [1.29, 1.82) is 0 Å². The van der Waals surface area contributed by atoms with Crippen LogP contribution in [0.25, 0.3) is 23.1 Å². The lowest BCUT2D eigenvalue weighted by Gasteiger charge is -2.33. The van der Waals surface area contributed by atoms with Gasteiger partial charge in [-0.15, -0.1) is 5.10 Å². The second kappa shape index (κ2) is 8.51. The number of likely N-dealkylation sites (N-methyl/N-ethyl adjacent to an activating group) is 1. The minimum atomic E-state index is 0.315. The Morgan fingerprint density at radius 3 is 2.50 bits per heavy atom. The standard InChI is InChI=1S/C23H26N8O/c1-16-4-6-18(7-5-16)21-26-23(32-28-21)22-25-20(30(3)27-22)15-17-8-9-24-19(14-17)31-12-10-29(2)11-13-31/h4-9,14H,10-13,15H2,1-3H3. The molecule has 0 unspecified atom stereocenters. The summed E-state index contributed by atoms with van der Waals surface area (Å²) in [6, 6.07) is 12.2. The normalized spacial score (nSPS) is 14.8. The molecule has 0 atom stereocenters. The van der Waals surface area contributed by atoms with Crippen LogP contribution in [0.4, 0.5) is 5.82 Å². The second-order valence-corrected chi connectivity index (χ2v) is 8.25. The SMILES string of the molecule is Cc1ccc(-c2noc(-c3nc(Cc4ccnc(N5CCN(C)CC5)c4)n(C)n3)n2)cc1. The van der Waals surface area contributed by atoms with Crippen LogP contribution in [0.5, 0.6) is 0 Å². The number of piperazine rings is 1. The van der Waals surface area contributed by atoms with Gasteiger partial charge in [-0.1, -0.05) is 35.0 Å². The monoisotopic (exact) mass is 430 g/mol. The van der Waals surface area contributed by atoms with Crippen molar-refractivity contribution in [3.63, 3.8) is 0 Å². The first kappa shape index (κ1) is 20.3. The van der Waals surface area contributed by atoms with Crippen LogP contribution in [0, 0.1) is 6.92 Å². The maximum Gasteiger partial charge on any atom is 0.297 e. The van der Waals surface area contributed by atoms with Gasteiger partial charge in [0.1, 0.15) is 11.6 Å². The van der Waals surface area contributed by atoms with Crippen molar-refractivity contribution in [3.8, 4) is 23.1 Å². The lowest BCUT2D eigenvalue weighted by molar-refractivity contribution is 0.312. The van der Waals surface area contributed by atoms with Gasteiger partial charge in [0, 0.05) is 51.4 Å². The highest BCUT2D eigenvalue weighted by Gasteiger charge is 2.19. The summed E-state index contributed by atoms with van der Waals surface area (Å²) in [6.45, 7) is 6.12. The van der Waals surface area contributed by atoms with Crippen LogP contribution in [0.15, 0.2) is 47.1 Å². The summed E-state index contributed by atoms with van der Waals surface area (Å²) in [7, 11) is 4.03. The van der Waals surface area contributed by atoms with E-state index < -0.39 is 0 Å². The molecule has 1 saturated heterocycles. The van der Waals surface area contributed by atoms with Gasteiger partial charge in [-0.05, 0) is 31.7 Å². The Balaban J connectivity index is 1.33. The topological polar surface area (TPSA) is 89.0 Å². The molecule has 1 aliphatic heterocycles. The van der Waals surface area contributed by atoms with Crippen LogP contribution in [-0.2, 0) is 13.5 Å². The third-order valence-electron chi connectivity index (χ3n) is 5.78. The van der Waals surface area contributed by atoms with Gasteiger partial charge in [-0.3, -0.25) is 4.68 Å². The molecule has 9 nitrogen and oxygen atoms in total. The van der Waals surface area contributed by atoms with E-state index in [9.17, 15) is 0 Å². The van der Waals surface area contributed by atoms with Crippen LogP contribution >= 0.6 is 0 Å². The van der Waals surface area contributed by atoms with Crippen molar-refractivity contribution in [2.24, 2.45) is 7.05 Å². The highest BCUT2D eigenvalue weighted by molar-refractivity contribution is 5.57. The average Bonchev–Trinajstić information content (AvgIpc) is 3.42. The zero-order valence-corrected chi connectivity index (χ0v) is 18.6. The lowest BCUT2D eigenvalue weighted by atomic mass is 10.1. The number of hydrogen-bond donors (Lipinski definition) is 0. The second-order valence-electron chi connectivity index (χ2n) is 8.25. The molecule has 0 amide bonds. The molecule has 5 rings (SSSR count). The number of hydrogen-bond acceptors (Lipinski definition) is 8. The van der Waals surface area contributed by atoms with Crippen molar-refractivity contribution in [3.05, 3.63) is 59.5 Å². The number of benzene rings is 1. The van der Waals surface area contributed by atoms with E-state index in [0.29, 0.717) is 24.0 Å². The first-order valence-corrected chi connectivity index (χ1v) is 10.7. The first-order chi connectivity index (χ1) is 15.5. The molecule has 1 fully saturated rings. The van der Waals surface area contributed by atoms with Crippen LogP contribution in [0.1, 0.15) is 17.0 Å². The molecule has 0 spiro atoms. The summed E-state index contributed by atoms with van der Waals surface area (Å²) in [6.07, 6.45) is 2.51. The minimum Gasteiger partial charge on any atom is -0.354 e. The number of aromatic nitrogens is 6. The van der Waals surface area contributed by atoms with Crippen LogP contribution in [-0.4, -0.2) is 68.0 Å². The lowest BCUT2D eigenvalue weighted by Crippen LogP contribution is -2.44. The van der Waals surface area contributed by atoms with Crippen LogP contribution in [0.3, 0.4) is 0 Å². The number of anilines is 1. The summed E-state index contributed by atoms with van der Waals surface area (Å²) in [5, 5.41) is 8.59. The number of nitrogens with zero attached hydrogens (tertiary/aromatic N) is 8. The smallest absolute Gasteiger partial charge is 0.297 e. The molecule has 164 valence electrons. The molecule has 9 heteroatoms. The van der Waals surface area contributed by atoms with E-state index in [1.165, 1.54) is 5.56 Å². The van der Waals surface area contributed by atoms with Crippen LogP contribution in [0.2, 0.25) is 0 Å². The molecule has 32 heavy (non-hydrogen) atoms. The van der Waals surface area contributed by atoms with Gasteiger partial charge >= 0.3 is 0 Å². The molecule has 1 aliphatic rings. The highest BCUT2D eigenvalue weighted by atomic mass is 16.5. The van der Waals surface area contributed by atoms with E-state index in [0.717, 1.165) is 48.9 Å². The Labute approximate surface area is 186 Å². The molecule has 0 saturated carbocycles. The van der Waals surface area contributed by atoms with Gasteiger partial charge < -0.3 is 14.3 Å². The maximum atomic E-state index is 5.44. The summed E-state index contributed by atoms with van der Waals surface area (Å²) < 4.78 is 7.21.